The number of carbonyl (C=O) groups excluding carboxylic acids is 2. The van der Waals surface area contributed by atoms with Crippen LogP contribution in [-0.4, -0.2) is 11.0 Å². The number of alkyl halides is 6. The van der Waals surface area contributed by atoms with E-state index in [-0.39, 0.29) is 16.3 Å². The van der Waals surface area contributed by atoms with E-state index in [4.69, 9.17) is 0 Å². The Morgan fingerprint density at radius 2 is 1.08 bits per heavy atom. The van der Waals surface area contributed by atoms with Crippen molar-refractivity contribution < 1.29 is 35.9 Å². The molecule has 0 spiro atoms. The minimum absolute atomic E-state index is 0.0660. The highest BCUT2D eigenvalue weighted by molar-refractivity contribution is 7.96. The predicted octanol–water partition coefficient (Wildman–Crippen LogP) is 8.43. The fraction of sp³-hybridized carbons (Fsp3) is 0.286. The molecule has 37 heavy (non-hydrogen) atoms. The highest BCUT2D eigenvalue weighted by Gasteiger charge is 2.45. The van der Waals surface area contributed by atoms with Gasteiger partial charge in [-0.2, -0.15) is 26.3 Å². The van der Waals surface area contributed by atoms with Crippen LogP contribution >= 0.6 is 7.92 Å². The zero-order valence-corrected chi connectivity index (χ0v) is 21.7. The predicted molar refractivity (Wildman–Crippen MR) is 133 cm³/mol. The van der Waals surface area contributed by atoms with Crippen molar-refractivity contribution in [2.24, 2.45) is 0 Å². The SMILES string of the molecule is Cc1cc(C(C)(C)C)cc(C)c1C(=O)P(C(=O)c1c(C(F)(F)F)cccc1C(F)(F)F)c1ccccc1. The standard InChI is InChI=1S/C28H25F6O2P/c1-16-14-18(26(3,4)5)15-17(2)22(16)24(35)37(19-10-7-6-8-11-19)25(36)23-20(27(29,30)31)12-9-13-21(23)28(32,33)34/h6-15H,1-5H3. The quantitative estimate of drug-likeness (QED) is 0.241. The number of hydrogen-bond acceptors (Lipinski definition) is 2. The minimum atomic E-state index is -5.24. The van der Waals surface area contributed by atoms with Gasteiger partial charge in [0.25, 0.3) is 0 Å². The van der Waals surface area contributed by atoms with Gasteiger partial charge in [-0.05, 0) is 53.4 Å². The second-order valence-electron chi connectivity index (χ2n) is 9.74. The van der Waals surface area contributed by atoms with Crippen LogP contribution in [0.4, 0.5) is 26.3 Å². The first-order chi connectivity index (χ1) is 16.9. The third kappa shape index (κ3) is 5.96. The van der Waals surface area contributed by atoms with E-state index in [1.807, 2.05) is 20.8 Å². The summed E-state index contributed by atoms with van der Waals surface area (Å²) in [5.41, 5.74) is -5.54. The number of aryl methyl sites for hydroxylation is 2. The van der Waals surface area contributed by atoms with Gasteiger partial charge in [-0.25, -0.2) is 0 Å². The molecule has 0 aliphatic heterocycles. The molecule has 0 radical (unpaired) electrons. The molecule has 0 heterocycles. The Morgan fingerprint density at radius 1 is 0.649 bits per heavy atom. The van der Waals surface area contributed by atoms with Crippen molar-refractivity contribution in [1.29, 1.82) is 0 Å². The molecule has 3 aromatic carbocycles. The van der Waals surface area contributed by atoms with Gasteiger partial charge in [-0.15, -0.1) is 0 Å². The summed E-state index contributed by atoms with van der Waals surface area (Å²) < 4.78 is 83.1. The van der Waals surface area contributed by atoms with E-state index in [1.165, 1.54) is 24.3 Å². The zero-order chi connectivity index (χ0) is 27.9. The van der Waals surface area contributed by atoms with Crippen molar-refractivity contribution in [1.82, 2.24) is 0 Å². The first-order valence-corrected chi connectivity index (χ1v) is 12.6. The van der Waals surface area contributed by atoms with Crippen molar-refractivity contribution in [3.8, 4) is 0 Å². The van der Waals surface area contributed by atoms with E-state index in [2.05, 4.69) is 0 Å². The molecule has 3 aromatic rings. The van der Waals surface area contributed by atoms with Crippen molar-refractivity contribution in [2.45, 2.75) is 52.4 Å². The third-order valence-corrected chi connectivity index (χ3v) is 8.00. The van der Waals surface area contributed by atoms with Gasteiger partial charge in [-0.1, -0.05) is 69.3 Å². The maximum Gasteiger partial charge on any atom is 0.417 e. The lowest BCUT2D eigenvalue weighted by atomic mass is 9.84. The molecular weight excluding hydrogens is 513 g/mol. The van der Waals surface area contributed by atoms with Crippen LogP contribution in [0.15, 0.2) is 60.7 Å². The van der Waals surface area contributed by atoms with Gasteiger partial charge < -0.3 is 0 Å². The lowest BCUT2D eigenvalue weighted by Crippen LogP contribution is -2.24. The molecule has 196 valence electrons. The summed E-state index contributed by atoms with van der Waals surface area (Å²) in [5.74, 6) is 0. The summed E-state index contributed by atoms with van der Waals surface area (Å²) in [5, 5.41) is 0.0660. The molecular formula is C28H25F6O2P. The average Bonchev–Trinajstić information content (AvgIpc) is 2.77. The molecule has 0 amide bonds. The molecule has 0 bridgehead atoms. The Balaban J connectivity index is 2.32. The van der Waals surface area contributed by atoms with Crippen LogP contribution in [0, 0.1) is 13.8 Å². The van der Waals surface area contributed by atoms with Crippen molar-refractivity contribution in [3.05, 3.63) is 99.6 Å². The maximum absolute atomic E-state index is 13.9. The molecule has 2 nitrogen and oxygen atoms in total. The Labute approximate surface area is 212 Å². The number of carbonyl (C=O) groups is 2. The second kappa shape index (κ2) is 10.1. The molecule has 0 saturated carbocycles. The third-order valence-electron chi connectivity index (χ3n) is 5.92. The first-order valence-electron chi connectivity index (χ1n) is 11.3. The van der Waals surface area contributed by atoms with E-state index >= 15 is 0 Å². The maximum atomic E-state index is 13.9. The van der Waals surface area contributed by atoms with Gasteiger partial charge in [0.15, 0.2) is 11.0 Å². The Kier molecular flexibility index (Phi) is 7.76. The van der Waals surface area contributed by atoms with E-state index in [9.17, 15) is 35.9 Å². The van der Waals surface area contributed by atoms with Crippen LogP contribution in [-0.2, 0) is 17.8 Å². The number of halogens is 6. The van der Waals surface area contributed by atoms with E-state index in [0.29, 0.717) is 29.3 Å². The average molecular weight is 538 g/mol. The molecule has 1 unspecified atom stereocenters. The molecule has 0 saturated heterocycles. The topological polar surface area (TPSA) is 34.1 Å². The van der Waals surface area contributed by atoms with Gasteiger partial charge in [-0.3, -0.25) is 9.59 Å². The minimum Gasteiger partial charge on any atom is -0.288 e. The number of rotatable bonds is 5. The lowest BCUT2D eigenvalue weighted by Gasteiger charge is -2.25. The fourth-order valence-corrected chi connectivity index (χ4v) is 6.28. The largest absolute Gasteiger partial charge is 0.417 e. The van der Waals surface area contributed by atoms with Crippen LogP contribution < -0.4 is 5.30 Å². The van der Waals surface area contributed by atoms with Crippen LogP contribution in [0.1, 0.15) is 69.3 Å². The van der Waals surface area contributed by atoms with Gasteiger partial charge in [0.05, 0.1) is 19.0 Å². The van der Waals surface area contributed by atoms with Gasteiger partial charge in [0, 0.05) is 11.1 Å². The summed E-state index contributed by atoms with van der Waals surface area (Å²) in [6, 6.07) is 12.3. The normalized spacial score (nSPS) is 13.4. The number of hydrogen-bond donors (Lipinski definition) is 0. The summed E-state index contributed by atoms with van der Waals surface area (Å²) in [4.78, 5) is 27.7. The van der Waals surface area contributed by atoms with Crippen LogP contribution in [0.5, 0.6) is 0 Å². The molecule has 1 atom stereocenters. The van der Waals surface area contributed by atoms with Crippen LogP contribution in [0.3, 0.4) is 0 Å². The van der Waals surface area contributed by atoms with Crippen molar-refractivity contribution in [2.75, 3.05) is 0 Å². The molecule has 0 aromatic heterocycles. The summed E-state index contributed by atoms with van der Waals surface area (Å²) >= 11 is 0. The smallest absolute Gasteiger partial charge is 0.288 e. The van der Waals surface area contributed by atoms with E-state index in [1.54, 1.807) is 32.0 Å². The van der Waals surface area contributed by atoms with E-state index < -0.39 is 48.0 Å². The molecule has 0 aliphatic carbocycles. The molecule has 0 fully saturated rings. The van der Waals surface area contributed by atoms with Crippen molar-refractivity contribution >= 4 is 24.3 Å². The Bertz CT molecular complexity index is 1280. The van der Waals surface area contributed by atoms with Crippen LogP contribution in [0.2, 0.25) is 0 Å². The highest BCUT2D eigenvalue weighted by atomic mass is 31.1. The fourth-order valence-electron chi connectivity index (χ4n) is 4.12. The van der Waals surface area contributed by atoms with Gasteiger partial charge in [0.2, 0.25) is 0 Å². The lowest BCUT2D eigenvalue weighted by molar-refractivity contribution is -0.143. The second-order valence-corrected chi connectivity index (χ2v) is 11.7. The van der Waals surface area contributed by atoms with Crippen molar-refractivity contribution in [3.63, 3.8) is 0 Å². The molecule has 0 N–H and O–H groups in total. The highest BCUT2D eigenvalue weighted by Crippen LogP contribution is 2.49. The van der Waals surface area contributed by atoms with Gasteiger partial charge >= 0.3 is 12.4 Å². The Hall–Kier alpha value is -2.99. The van der Waals surface area contributed by atoms with E-state index in [0.717, 1.165) is 5.56 Å². The van der Waals surface area contributed by atoms with Gasteiger partial charge in [0.1, 0.15) is 0 Å². The number of benzene rings is 3. The zero-order valence-electron chi connectivity index (χ0n) is 20.8. The first kappa shape index (κ1) is 28.6. The van der Waals surface area contributed by atoms with Crippen LogP contribution in [0.25, 0.3) is 0 Å². The summed E-state index contributed by atoms with van der Waals surface area (Å²) in [6.45, 7) is 9.19. The molecule has 0 aliphatic rings. The monoisotopic (exact) mass is 538 g/mol. The Morgan fingerprint density at radius 3 is 1.49 bits per heavy atom. The summed E-state index contributed by atoms with van der Waals surface area (Å²) in [6.07, 6.45) is -10.5. The summed E-state index contributed by atoms with van der Waals surface area (Å²) in [7, 11) is -2.81. The molecule has 9 heteroatoms. The molecule has 3 rings (SSSR count).